The van der Waals surface area contributed by atoms with Crippen molar-refractivity contribution in [2.24, 2.45) is 0 Å². The quantitative estimate of drug-likeness (QED) is 0.320. The number of benzene rings is 1. The summed E-state index contributed by atoms with van der Waals surface area (Å²) in [4.78, 5) is 42.8. The zero-order chi connectivity index (χ0) is 27.5. The molecule has 0 atom stereocenters. The lowest BCUT2D eigenvalue weighted by molar-refractivity contribution is -0.130. The van der Waals surface area contributed by atoms with Gasteiger partial charge in [-0.15, -0.1) is 0 Å². The maximum Gasteiger partial charge on any atom is 0.272 e. The Bertz CT molecular complexity index is 1480. The first-order valence-corrected chi connectivity index (χ1v) is 13.3. The number of piperazine rings is 1. The van der Waals surface area contributed by atoms with Gasteiger partial charge >= 0.3 is 0 Å². The number of hydrogen-bond donors (Lipinski definition) is 3. The molecule has 11 heteroatoms. The van der Waals surface area contributed by atoms with Crippen molar-refractivity contribution < 1.29 is 9.59 Å². The Balaban J connectivity index is 1.34. The molecule has 0 spiro atoms. The molecule has 0 bridgehead atoms. The second kappa shape index (κ2) is 11.3. The van der Waals surface area contributed by atoms with Crippen molar-refractivity contribution in [2.45, 2.75) is 20.4 Å². The highest BCUT2D eigenvalue weighted by Crippen LogP contribution is 2.31. The summed E-state index contributed by atoms with van der Waals surface area (Å²) in [5.74, 6) is 0.495. The number of nitrogens with one attached hydrogen (secondary N) is 3. The first-order valence-electron chi connectivity index (χ1n) is 13.3. The Morgan fingerprint density at radius 2 is 1.90 bits per heavy atom. The molecule has 4 aromatic rings. The Labute approximate surface area is 227 Å². The zero-order valence-corrected chi connectivity index (χ0v) is 22.9. The molecule has 4 heterocycles. The Kier molecular flexibility index (Phi) is 7.71. The van der Waals surface area contributed by atoms with E-state index in [9.17, 15) is 9.59 Å². The van der Waals surface area contributed by atoms with Gasteiger partial charge in [0.1, 0.15) is 11.4 Å². The Hall–Kier alpha value is -4.09. The van der Waals surface area contributed by atoms with E-state index in [1.54, 1.807) is 30.1 Å². The van der Waals surface area contributed by atoms with Gasteiger partial charge < -0.3 is 20.1 Å². The van der Waals surface area contributed by atoms with Gasteiger partial charge in [-0.25, -0.2) is 4.98 Å². The number of H-pyrrole nitrogens is 2. The smallest absolute Gasteiger partial charge is 0.272 e. The van der Waals surface area contributed by atoms with Crippen LogP contribution in [0.25, 0.3) is 33.5 Å². The number of nitrogens with zero attached hydrogens (tertiary/aromatic N) is 6. The number of amides is 2. The average Bonchev–Trinajstić information content (AvgIpc) is 3.59. The van der Waals surface area contributed by atoms with E-state index in [-0.39, 0.29) is 11.8 Å². The number of aromatic nitrogens is 5. The third kappa shape index (κ3) is 5.55. The molecule has 1 aliphatic rings. The predicted molar refractivity (Wildman–Crippen MR) is 150 cm³/mol. The highest BCUT2D eigenvalue weighted by atomic mass is 16.2. The second-order valence-corrected chi connectivity index (χ2v) is 10.1. The van der Waals surface area contributed by atoms with Crippen LogP contribution in [0.2, 0.25) is 0 Å². The number of rotatable bonds is 8. The van der Waals surface area contributed by atoms with E-state index in [1.165, 1.54) is 11.1 Å². The van der Waals surface area contributed by atoms with Gasteiger partial charge in [0.05, 0.1) is 18.3 Å². The summed E-state index contributed by atoms with van der Waals surface area (Å²) >= 11 is 0. The van der Waals surface area contributed by atoms with Crippen LogP contribution in [0.3, 0.4) is 0 Å². The summed E-state index contributed by atoms with van der Waals surface area (Å²) in [6, 6.07) is 6.16. The number of carbonyl (C=O) groups excluding carboxylic acids is 2. The fraction of sp³-hybridized carbons (Fsp3) is 0.393. The van der Waals surface area contributed by atoms with Crippen LogP contribution in [0.15, 0.2) is 36.8 Å². The summed E-state index contributed by atoms with van der Waals surface area (Å²) < 4.78 is 0. The van der Waals surface area contributed by atoms with Gasteiger partial charge in [-0.3, -0.25) is 24.6 Å². The van der Waals surface area contributed by atoms with Gasteiger partial charge in [-0.2, -0.15) is 5.10 Å². The van der Waals surface area contributed by atoms with Crippen molar-refractivity contribution in [3.05, 3.63) is 53.6 Å². The molecule has 5 rings (SSSR count). The van der Waals surface area contributed by atoms with Crippen LogP contribution in [0, 0.1) is 6.92 Å². The standard InChI is InChI=1S/C28H35N9O2/c1-5-29-13-20-14-30-15-22(18(20)2)19-6-7-23-21(12-19)26(34-33-23)27-31-16-24(32-27)28(39)37-10-8-36(9-11-37)17-25(38)35(3)4/h6-7,12,14-16,29H,5,8-11,13,17H2,1-4H3,(H,31,32)(H,33,34). The van der Waals surface area contributed by atoms with E-state index in [0.29, 0.717) is 49.9 Å². The van der Waals surface area contributed by atoms with Gasteiger partial charge in [0, 0.05) is 70.2 Å². The van der Waals surface area contributed by atoms with Crippen molar-refractivity contribution in [3.63, 3.8) is 0 Å². The second-order valence-electron chi connectivity index (χ2n) is 10.1. The molecule has 3 aromatic heterocycles. The first kappa shape index (κ1) is 26.5. The number of aromatic amines is 2. The normalized spacial score (nSPS) is 14.2. The van der Waals surface area contributed by atoms with Gasteiger partial charge in [0.25, 0.3) is 5.91 Å². The molecule has 0 aliphatic carbocycles. The van der Waals surface area contributed by atoms with Crippen molar-refractivity contribution in [1.82, 2.24) is 45.2 Å². The van der Waals surface area contributed by atoms with Gasteiger partial charge in [-0.1, -0.05) is 13.0 Å². The van der Waals surface area contributed by atoms with Crippen molar-refractivity contribution in [1.29, 1.82) is 0 Å². The van der Waals surface area contributed by atoms with Gasteiger partial charge in [0.15, 0.2) is 5.82 Å². The highest BCUT2D eigenvalue weighted by molar-refractivity contribution is 5.96. The van der Waals surface area contributed by atoms with Crippen LogP contribution >= 0.6 is 0 Å². The molecule has 0 radical (unpaired) electrons. The molecule has 1 aromatic carbocycles. The third-order valence-electron chi connectivity index (χ3n) is 7.31. The minimum Gasteiger partial charge on any atom is -0.348 e. The highest BCUT2D eigenvalue weighted by Gasteiger charge is 2.25. The molecule has 0 saturated carbocycles. The summed E-state index contributed by atoms with van der Waals surface area (Å²) in [6.45, 7) is 8.68. The minimum atomic E-state index is -0.105. The topological polar surface area (TPSA) is 126 Å². The first-order chi connectivity index (χ1) is 18.9. The summed E-state index contributed by atoms with van der Waals surface area (Å²) in [6.07, 6.45) is 5.38. The summed E-state index contributed by atoms with van der Waals surface area (Å²) in [5, 5.41) is 11.9. The summed E-state index contributed by atoms with van der Waals surface area (Å²) in [7, 11) is 3.51. The molecule has 1 aliphatic heterocycles. The number of imidazole rings is 1. The van der Waals surface area contributed by atoms with Crippen LogP contribution in [-0.2, 0) is 11.3 Å². The maximum atomic E-state index is 13.2. The van der Waals surface area contributed by atoms with E-state index in [2.05, 4.69) is 61.3 Å². The predicted octanol–water partition coefficient (Wildman–Crippen LogP) is 2.28. The van der Waals surface area contributed by atoms with Gasteiger partial charge in [0.2, 0.25) is 5.91 Å². The van der Waals surface area contributed by atoms with E-state index in [1.807, 2.05) is 18.5 Å². The van der Waals surface area contributed by atoms with Gasteiger partial charge in [-0.05, 0) is 42.3 Å². The third-order valence-corrected chi connectivity index (χ3v) is 7.31. The van der Waals surface area contributed by atoms with E-state index < -0.39 is 0 Å². The lowest BCUT2D eigenvalue weighted by Gasteiger charge is -2.34. The van der Waals surface area contributed by atoms with Crippen molar-refractivity contribution in [2.75, 3.05) is 53.4 Å². The van der Waals surface area contributed by atoms with Crippen molar-refractivity contribution >= 4 is 22.7 Å². The molecule has 2 amide bonds. The average molecular weight is 530 g/mol. The van der Waals surface area contributed by atoms with Crippen LogP contribution < -0.4 is 5.32 Å². The van der Waals surface area contributed by atoms with E-state index in [0.717, 1.165) is 35.1 Å². The monoisotopic (exact) mass is 529 g/mol. The molecular formula is C28H35N9O2. The number of hydrogen-bond acceptors (Lipinski definition) is 7. The molecular weight excluding hydrogens is 494 g/mol. The largest absolute Gasteiger partial charge is 0.348 e. The lowest BCUT2D eigenvalue weighted by atomic mass is 9.98. The SMILES string of the molecule is CCNCc1cncc(-c2ccc3[nH]nc(-c4ncc(C(=O)N5CCN(CC(=O)N(C)C)CC5)[nH]4)c3c2)c1C. The zero-order valence-electron chi connectivity index (χ0n) is 22.9. The van der Waals surface area contributed by atoms with Crippen molar-refractivity contribution in [3.8, 4) is 22.6 Å². The number of pyridine rings is 1. The van der Waals surface area contributed by atoms with Crippen LogP contribution in [0.4, 0.5) is 0 Å². The fourth-order valence-electron chi connectivity index (χ4n) is 4.82. The van der Waals surface area contributed by atoms with Crippen LogP contribution in [0.1, 0.15) is 28.5 Å². The molecule has 1 fully saturated rings. The Morgan fingerprint density at radius 1 is 1.10 bits per heavy atom. The molecule has 1 saturated heterocycles. The maximum absolute atomic E-state index is 13.2. The van der Waals surface area contributed by atoms with Crippen LogP contribution in [-0.4, -0.2) is 105 Å². The van der Waals surface area contributed by atoms with Crippen LogP contribution in [0.5, 0.6) is 0 Å². The number of fused-ring (bicyclic) bond motifs is 1. The molecule has 0 unspecified atom stereocenters. The number of likely N-dealkylation sites (N-methyl/N-ethyl adjacent to an activating group) is 1. The molecule has 3 N–H and O–H groups in total. The fourth-order valence-corrected chi connectivity index (χ4v) is 4.82. The van der Waals surface area contributed by atoms with E-state index in [4.69, 9.17) is 0 Å². The molecule has 204 valence electrons. The molecule has 39 heavy (non-hydrogen) atoms. The minimum absolute atomic E-state index is 0.0648. The van der Waals surface area contributed by atoms with E-state index >= 15 is 0 Å². The molecule has 11 nitrogen and oxygen atoms in total. The Morgan fingerprint density at radius 3 is 2.64 bits per heavy atom. The summed E-state index contributed by atoms with van der Waals surface area (Å²) in [5.41, 5.74) is 6.44. The number of carbonyl (C=O) groups is 2. The lowest BCUT2D eigenvalue weighted by Crippen LogP contribution is -2.51.